The number of hydrogen-bond donors (Lipinski definition) is 3. The number of hydrogen-bond acceptors (Lipinski definition) is 7. The smallest absolute Gasteiger partial charge is 0.266 e. The summed E-state index contributed by atoms with van der Waals surface area (Å²) in [5.74, 6) is 1.56. The number of aliphatic imine (C=N–C) groups is 1. The van der Waals surface area contributed by atoms with Crippen LogP contribution in [-0.4, -0.2) is 49.3 Å². The van der Waals surface area contributed by atoms with Crippen molar-refractivity contribution in [2.45, 2.75) is 30.9 Å². The van der Waals surface area contributed by atoms with Crippen LogP contribution in [0.15, 0.2) is 113 Å². The van der Waals surface area contributed by atoms with E-state index >= 15 is 0 Å². The van der Waals surface area contributed by atoms with Gasteiger partial charge >= 0.3 is 0 Å². The Morgan fingerprint density at radius 2 is 1.64 bits per heavy atom. The fourth-order valence-corrected chi connectivity index (χ4v) is 5.60. The average Bonchev–Trinajstić information content (AvgIpc) is 3.44. The van der Waals surface area contributed by atoms with Crippen LogP contribution in [0.2, 0.25) is 0 Å². The second kappa shape index (κ2) is 15.0. The number of amides is 1. The zero-order valence-electron chi connectivity index (χ0n) is 24.5. The molecule has 1 aliphatic heterocycles. The van der Waals surface area contributed by atoms with Crippen LogP contribution in [0.1, 0.15) is 34.8 Å². The predicted molar refractivity (Wildman–Crippen MR) is 174 cm³/mol. The van der Waals surface area contributed by atoms with Crippen molar-refractivity contribution < 1.29 is 24.1 Å². The van der Waals surface area contributed by atoms with Crippen molar-refractivity contribution in [1.82, 2.24) is 10.9 Å². The Morgan fingerprint density at radius 1 is 0.932 bits per heavy atom. The van der Waals surface area contributed by atoms with Crippen LogP contribution in [-0.2, 0) is 22.4 Å². The van der Waals surface area contributed by atoms with Gasteiger partial charge in [-0.3, -0.25) is 10.2 Å². The summed E-state index contributed by atoms with van der Waals surface area (Å²) in [5.41, 5.74) is 8.38. The van der Waals surface area contributed by atoms with Gasteiger partial charge in [-0.25, -0.2) is 10.4 Å². The van der Waals surface area contributed by atoms with Crippen LogP contribution in [0.5, 0.6) is 11.5 Å². The molecule has 0 aliphatic carbocycles. The molecule has 228 valence electrons. The molecule has 0 radical (unpaired) electrons. The van der Waals surface area contributed by atoms with Crippen molar-refractivity contribution in [3.63, 3.8) is 0 Å². The van der Waals surface area contributed by atoms with Gasteiger partial charge in [-0.1, -0.05) is 76.6 Å². The zero-order chi connectivity index (χ0) is 30.8. The van der Waals surface area contributed by atoms with Gasteiger partial charge in [0.25, 0.3) is 5.91 Å². The Bertz CT molecular complexity index is 1550. The minimum atomic E-state index is -1.32. The van der Waals surface area contributed by atoms with E-state index in [1.165, 1.54) is 0 Å². The normalized spacial score (nSPS) is 17.4. The third-order valence-corrected chi connectivity index (χ3v) is 8.16. The molecule has 1 aliphatic rings. The molecule has 0 saturated carbocycles. The summed E-state index contributed by atoms with van der Waals surface area (Å²) in [7, 11) is 1.64. The third-order valence-electron chi connectivity index (χ3n) is 7.43. The number of nitrogens with zero attached hydrogens (tertiary/aromatic N) is 1. The quantitative estimate of drug-likeness (QED) is 0.121. The molecule has 4 aromatic carbocycles. The number of carbonyl (C=O) groups excluding carboxylic acids is 1. The fraction of sp³-hybridized carbons (Fsp3) is 0.257. The number of benzene rings is 4. The van der Waals surface area contributed by atoms with Crippen LogP contribution in [0, 0.1) is 0 Å². The average molecular weight is 659 g/mol. The van der Waals surface area contributed by atoms with E-state index < -0.39 is 11.6 Å². The molecule has 8 nitrogen and oxygen atoms in total. The van der Waals surface area contributed by atoms with Crippen LogP contribution in [0.4, 0.5) is 0 Å². The minimum absolute atomic E-state index is 0.0705. The largest absolute Gasteiger partial charge is 0.497 e. The number of methoxy groups -OCH3 is 1. The van der Waals surface area contributed by atoms with Gasteiger partial charge in [0.2, 0.25) is 5.90 Å². The van der Waals surface area contributed by atoms with Crippen LogP contribution >= 0.6 is 15.9 Å². The summed E-state index contributed by atoms with van der Waals surface area (Å²) in [6.45, 7) is 1.01. The standard InChI is InChI=1S/C35H36BrN3O5/c1-42-28-16-12-25(13-17-28)20-21-37-39-34(41)35(24-26-8-3-2-4-9-26)32(30-10-5-6-11-31(30)36)44-33(38-35)27-14-18-29(19-15-27)43-23-7-22-40/h2-6,8-19,32,37,40H,7,20-24H2,1H3,(H,39,41)/t32-,35-/m0/s1. The number of aliphatic hydroxyl groups is 1. The van der Waals surface area contributed by atoms with Crippen molar-refractivity contribution in [3.8, 4) is 11.5 Å². The van der Waals surface area contributed by atoms with E-state index in [1.807, 2.05) is 103 Å². The van der Waals surface area contributed by atoms with Gasteiger partial charge in [-0.2, -0.15) is 0 Å². The van der Waals surface area contributed by atoms with Gasteiger partial charge in [0.15, 0.2) is 11.6 Å². The summed E-state index contributed by atoms with van der Waals surface area (Å²) in [6, 6.07) is 32.9. The highest BCUT2D eigenvalue weighted by atomic mass is 79.9. The number of ether oxygens (including phenoxy) is 3. The number of aliphatic hydroxyl groups excluding tert-OH is 1. The Labute approximate surface area is 266 Å². The number of nitrogens with one attached hydrogen (secondary N) is 2. The summed E-state index contributed by atoms with van der Waals surface area (Å²) < 4.78 is 18.4. The van der Waals surface area contributed by atoms with Gasteiger partial charge in [0.1, 0.15) is 11.5 Å². The molecule has 9 heteroatoms. The highest BCUT2D eigenvalue weighted by Crippen LogP contribution is 2.44. The van der Waals surface area contributed by atoms with Crippen molar-refractivity contribution in [3.05, 3.63) is 130 Å². The van der Waals surface area contributed by atoms with E-state index in [-0.39, 0.29) is 12.5 Å². The van der Waals surface area contributed by atoms with Gasteiger partial charge in [0.05, 0.1) is 13.7 Å². The zero-order valence-corrected chi connectivity index (χ0v) is 26.1. The monoisotopic (exact) mass is 657 g/mol. The van der Waals surface area contributed by atoms with Gasteiger partial charge in [-0.15, -0.1) is 0 Å². The van der Waals surface area contributed by atoms with Gasteiger partial charge in [0, 0.05) is 41.6 Å². The maximum Gasteiger partial charge on any atom is 0.266 e. The Morgan fingerprint density at radius 3 is 2.34 bits per heavy atom. The molecule has 0 saturated heterocycles. The second-order valence-electron chi connectivity index (χ2n) is 10.5. The molecule has 0 unspecified atom stereocenters. The van der Waals surface area contributed by atoms with Crippen molar-refractivity contribution in [2.24, 2.45) is 4.99 Å². The SMILES string of the molecule is COc1ccc(CCNNC(=O)[C@@]2(Cc3ccccc3)N=C(c3ccc(OCCCO)cc3)O[C@H]2c2ccccc2Br)cc1. The molecule has 5 rings (SSSR count). The lowest BCUT2D eigenvalue weighted by Gasteiger charge is -2.31. The molecule has 44 heavy (non-hydrogen) atoms. The third kappa shape index (κ3) is 7.48. The lowest BCUT2D eigenvalue weighted by molar-refractivity contribution is -0.130. The fourth-order valence-electron chi connectivity index (χ4n) is 5.10. The molecule has 0 aromatic heterocycles. The molecular formula is C35H36BrN3O5. The highest BCUT2D eigenvalue weighted by Gasteiger charge is 2.53. The first-order valence-corrected chi connectivity index (χ1v) is 15.4. The van der Waals surface area contributed by atoms with Crippen molar-refractivity contribution >= 4 is 27.7 Å². The Balaban J connectivity index is 1.44. The first kappa shape index (κ1) is 31.3. The predicted octanol–water partition coefficient (Wildman–Crippen LogP) is 5.58. The molecule has 2 atom stereocenters. The number of carbonyl (C=O) groups is 1. The molecule has 3 N–H and O–H groups in total. The van der Waals surface area contributed by atoms with E-state index in [0.717, 1.165) is 32.5 Å². The molecule has 1 amide bonds. The van der Waals surface area contributed by atoms with Crippen LogP contribution in [0.25, 0.3) is 0 Å². The van der Waals surface area contributed by atoms with Crippen LogP contribution in [0.3, 0.4) is 0 Å². The van der Waals surface area contributed by atoms with E-state index in [1.54, 1.807) is 7.11 Å². The van der Waals surface area contributed by atoms with Crippen molar-refractivity contribution in [2.75, 3.05) is 26.9 Å². The maximum atomic E-state index is 14.3. The second-order valence-corrected chi connectivity index (χ2v) is 11.3. The number of halogens is 1. The maximum absolute atomic E-state index is 14.3. The van der Waals surface area contributed by atoms with Gasteiger partial charge < -0.3 is 19.3 Å². The Hall–Kier alpha value is -4.18. The molecule has 4 aromatic rings. The molecular weight excluding hydrogens is 622 g/mol. The number of hydrazine groups is 1. The number of rotatable bonds is 14. The van der Waals surface area contributed by atoms with Crippen LogP contribution < -0.4 is 20.3 Å². The lowest BCUT2D eigenvalue weighted by Crippen LogP contribution is -2.54. The topological polar surface area (TPSA) is 101 Å². The molecule has 0 bridgehead atoms. The summed E-state index contributed by atoms with van der Waals surface area (Å²) >= 11 is 3.69. The highest BCUT2D eigenvalue weighted by molar-refractivity contribution is 9.10. The summed E-state index contributed by atoms with van der Waals surface area (Å²) in [5, 5.41) is 9.05. The van der Waals surface area contributed by atoms with Gasteiger partial charge in [-0.05, 0) is 60.0 Å². The van der Waals surface area contributed by atoms with E-state index in [9.17, 15) is 4.79 Å². The minimum Gasteiger partial charge on any atom is -0.497 e. The lowest BCUT2D eigenvalue weighted by atomic mass is 9.82. The van der Waals surface area contributed by atoms with E-state index in [2.05, 4.69) is 26.8 Å². The summed E-state index contributed by atoms with van der Waals surface area (Å²) in [6.07, 6.45) is 0.868. The molecule has 0 fully saturated rings. The first-order chi connectivity index (χ1) is 21.5. The first-order valence-electron chi connectivity index (χ1n) is 14.6. The van der Waals surface area contributed by atoms with Crippen molar-refractivity contribution in [1.29, 1.82) is 0 Å². The summed E-state index contributed by atoms with van der Waals surface area (Å²) in [4.78, 5) is 19.4. The molecule has 0 spiro atoms. The van der Waals surface area contributed by atoms with E-state index in [4.69, 9.17) is 24.3 Å². The Kier molecular flexibility index (Phi) is 10.7. The molecule has 1 heterocycles. The van der Waals surface area contributed by atoms with E-state index in [0.29, 0.717) is 44.1 Å².